The Balaban J connectivity index is 2.08. The van der Waals surface area contributed by atoms with Crippen molar-refractivity contribution in [2.24, 2.45) is 0 Å². The van der Waals surface area contributed by atoms with Crippen LogP contribution in [0.15, 0.2) is 12.1 Å². The lowest BCUT2D eigenvalue weighted by atomic mass is 9.91. The Morgan fingerprint density at radius 3 is 2.30 bits per heavy atom. The molecule has 0 amide bonds. The van der Waals surface area contributed by atoms with Gasteiger partial charge in [0.2, 0.25) is 0 Å². The molecule has 0 aliphatic carbocycles. The number of rotatable bonds is 2. The number of esters is 1. The van der Waals surface area contributed by atoms with Crippen molar-refractivity contribution in [3.05, 3.63) is 28.8 Å². The molecule has 4 nitrogen and oxygen atoms in total. The molecule has 0 N–H and O–H groups in total. The molecule has 0 saturated carbocycles. The largest absolute Gasteiger partial charge is 0.493 e. The third kappa shape index (κ3) is 2.38. The summed E-state index contributed by atoms with van der Waals surface area (Å²) in [4.78, 5) is 11.3. The van der Waals surface area contributed by atoms with E-state index >= 15 is 0 Å². The minimum absolute atomic E-state index is 0.343. The average molecular weight is 274 g/mol. The second-order valence-electron chi connectivity index (χ2n) is 5.00. The summed E-state index contributed by atoms with van der Waals surface area (Å²) in [5, 5.41) is 0. The fourth-order valence-electron chi connectivity index (χ4n) is 2.80. The molecule has 0 unspecified atom stereocenters. The van der Waals surface area contributed by atoms with Gasteiger partial charge in [0.1, 0.15) is 11.5 Å². The fourth-order valence-corrected chi connectivity index (χ4v) is 2.80. The Labute approximate surface area is 118 Å². The van der Waals surface area contributed by atoms with Crippen LogP contribution in [0.4, 0.5) is 0 Å². The normalized spacial score (nSPS) is 16.9. The first-order chi connectivity index (χ1) is 9.79. The molecular weight excluding hydrogens is 256 g/mol. The van der Waals surface area contributed by atoms with Crippen LogP contribution in [0.2, 0.25) is 0 Å². The van der Waals surface area contributed by atoms with Crippen molar-refractivity contribution < 1.29 is 19.0 Å². The minimum Gasteiger partial charge on any atom is -0.493 e. The molecule has 20 heavy (non-hydrogen) atoms. The number of carbonyl (C=O) groups is 1. The maximum atomic E-state index is 11.3. The zero-order valence-electron chi connectivity index (χ0n) is 11.6. The lowest BCUT2D eigenvalue weighted by molar-refractivity contribution is -0.134. The summed E-state index contributed by atoms with van der Waals surface area (Å²) in [6, 6.07) is 2.00. The van der Waals surface area contributed by atoms with Crippen LogP contribution < -0.4 is 9.47 Å². The first-order valence-corrected chi connectivity index (χ1v) is 7.00. The van der Waals surface area contributed by atoms with Gasteiger partial charge >= 0.3 is 5.97 Å². The standard InChI is InChI=1S/C16H18O4/c1-18-16(17)7-6-11-12-4-2-8-19-14(12)10-15-13(11)5-3-9-20-15/h6-7,10H,2-5,8-9H2,1H3/b7-6+. The molecule has 3 rings (SSSR count). The van der Waals surface area contributed by atoms with Crippen molar-refractivity contribution in [1.29, 1.82) is 0 Å². The van der Waals surface area contributed by atoms with E-state index in [0.29, 0.717) is 0 Å². The van der Waals surface area contributed by atoms with Crippen LogP contribution in [0.5, 0.6) is 11.5 Å². The van der Waals surface area contributed by atoms with Crippen LogP contribution in [0, 0.1) is 0 Å². The molecule has 1 aromatic carbocycles. The summed E-state index contributed by atoms with van der Waals surface area (Å²) >= 11 is 0. The van der Waals surface area contributed by atoms with Crippen LogP contribution in [0.3, 0.4) is 0 Å². The third-order valence-corrected chi connectivity index (χ3v) is 3.75. The average Bonchev–Trinajstić information content (AvgIpc) is 2.51. The molecule has 0 fully saturated rings. The number of methoxy groups -OCH3 is 1. The highest BCUT2D eigenvalue weighted by atomic mass is 16.5. The van der Waals surface area contributed by atoms with E-state index in [-0.39, 0.29) is 5.97 Å². The van der Waals surface area contributed by atoms with Crippen molar-refractivity contribution >= 4 is 12.0 Å². The second-order valence-corrected chi connectivity index (χ2v) is 5.00. The third-order valence-electron chi connectivity index (χ3n) is 3.75. The first-order valence-electron chi connectivity index (χ1n) is 7.00. The predicted octanol–water partition coefficient (Wildman–Crippen LogP) is 2.52. The lowest BCUT2D eigenvalue weighted by Crippen LogP contribution is -2.15. The van der Waals surface area contributed by atoms with Gasteiger partial charge < -0.3 is 14.2 Å². The number of carbonyl (C=O) groups excluding carboxylic acids is 1. The van der Waals surface area contributed by atoms with Gasteiger partial charge in [-0.15, -0.1) is 0 Å². The summed E-state index contributed by atoms with van der Waals surface area (Å²) in [5.74, 6) is 1.44. The van der Waals surface area contributed by atoms with E-state index in [2.05, 4.69) is 4.74 Å². The number of ether oxygens (including phenoxy) is 3. The maximum absolute atomic E-state index is 11.3. The smallest absolute Gasteiger partial charge is 0.330 e. The first kappa shape index (κ1) is 13.0. The van der Waals surface area contributed by atoms with E-state index in [1.54, 1.807) is 0 Å². The van der Waals surface area contributed by atoms with E-state index in [0.717, 1.165) is 56.0 Å². The van der Waals surface area contributed by atoms with Crippen molar-refractivity contribution in [1.82, 2.24) is 0 Å². The fraction of sp³-hybridized carbons (Fsp3) is 0.438. The molecule has 2 aliphatic heterocycles. The van der Waals surface area contributed by atoms with Gasteiger partial charge in [0.05, 0.1) is 20.3 Å². The molecule has 0 saturated heterocycles. The quantitative estimate of drug-likeness (QED) is 0.614. The Hall–Kier alpha value is -1.97. The molecule has 4 heteroatoms. The predicted molar refractivity (Wildman–Crippen MR) is 75.1 cm³/mol. The Morgan fingerprint density at radius 2 is 1.75 bits per heavy atom. The monoisotopic (exact) mass is 274 g/mol. The highest BCUT2D eigenvalue weighted by Gasteiger charge is 2.22. The molecular formula is C16H18O4. The molecule has 1 aromatic rings. The maximum Gasteiger partial charge on any atom is 0.330 e. The summed E-state index contributed by atoms with van der Waals surface area (Å²) < 4.78 is 16.1. The van der Waals surface area contributed by atoms with E-state index in [9.17, 15) is 4.79 Å². The van der Waals surface area contributed by atoms with Crippen LogP contribution >= 0.6 is 0 Å². The minimum atomic E-state index is -0.343. The van der Waals surface area contributed by atoms with E-state index in [4.69, 9.17) is 9.47 Å². The van der Waals surface area contributed by atoms with E-state index in [1.807, 2.05) is 12.1 Å². The highest BCUT2D eigenvalue weighted by molar-refractivity contribution is 5.88. The molecule has 0 radical (unpaired) electrons. The van der Waals surface area contributed by atoms with Gasteiger partial charge in [0.25, 0.3) is 0 Å². The highest BCUT2D eigenvalue weighted by Crippen LogP contribution is 2.39. The van der Waals surface area contributed by atoms with Gasteiger partial charge in [0.15, 0.2) is 0 Å². The summed E-state index contributed by atoms with van der Waals surface area (Å²) in [6.45, 7) is 1.48. The summed E-state index contributed by atoms with van der Waals surface area (Å²) in [5.41, 5.74) is 3.43. The van der Waals surface area contributed by atoms with Crippen molar-refractivity contribution in [2.75, 3.05) is 20.3 Å². The van der Waals surface area contributed by atoms with E-state index in [1.165, 1.54) is 24.3 Å². The molecule has 106 valence electrons. The Bertz CT molecular complexity index is 526. The van der Waals surface area contributed by atoms with Crippen LogP contribution in [-0.4, -0.2) is 26.3 Å². The molecule has 2 heterocycles. The Morgan fingerprint density at radius 1 is 1.15 bits per heavy atom. The molecule has 0 atom stereocenters. The van der Waals surface area contributed by atoms with Gasteiger partial charge in [-0.3, -0.25) is 0 Å². The van der Waals surface area contributed by atoms with Crippen LogP contribution in [-0.2, 0) is 22.4 Å². The zero-order chi connectivity index (χ0) is 13.9. The molecule has 0 aromatic heterocycles. The molecule has 0 bridgehead atoms. The molecule has 2 aliphatic rings. The topological polar surface area (TPSA) is 44.8 Å². The van der Waals surface area contributed by atoms with Gasteiger partial charge in [-0.25, -0.2) is 4.79 Å². The lowest BCUT2D eigenvalue weighted by Gasteiger charge is -2.26. The van der Waals surface area contributed by atoms with Crippen LogP contribution in [0.1, 0.15) is 29.5 Å². The van der Waals surface area contributed by atoms with Crippen molar-refractivity contribution in [3.8, 4) is 11.5 Å². The van der Waals surface area contributed by atoms with Gasteiger partial charge in [0, 0.05) is 23.3 Å². The summed E-state index contributed by atoms with van der Waals surface area (Å²) in [6.07, 6.45) is 7.27. The van der Waals surface area contributed by atoms with Gasteiger partial charge in [-0.1, -0.05) is 0 Å². The van der Waals surface area contributed by atoms with E-state index < -0.39 is 0 Å². The van der Waals surface area contributed by atoms with Crippen molar-refractivity contribution in [2.45, 2.75) is 25.7 Å². The number of benzene rings is 1. The Kier molecular flexibility index (Phi) is 3.63. The second kappa shape index (κ2) is 5.57. The van der Waals surface area contributed by atoms with Crippen LogP contribution in [0.25, 0.3) is 6.08 Å². The SMILES string of the molecule is COC(=O)/C=C/c1c2c(cc3c1CCCO3)OCCC2. The number of hydrogen-bond acceptors (Lipinski definition) is 4. The van der Waals surface area contributed by atoms with Gasteiger partial charge in [-0.2, -0.15) is 0 Å². The number of hydrogen-bond donors (Lipinski definition) is 0. The zero-order valence-corrected chi connectivity index (χ0v) is 11.6. The molecule has 0 spiro atoms. The van der Waals surface area contributed by atoms with Gasteiger partial charge in [-0.05, 0) is 37.3 Å². The number of fused-ring (bicyclic) bond motifs is 2. The summed E-state index contributed by atoms with van der Waals surface area (Å²) in [7, 11) is 1.38. The van der Waals surface area contributed by atoms with Crippen molar-refractivity contribution in [3.63, 3.8) is 0 Å².